The van der Waals surface area contributed by atoms with Gasteiger partial charge < -0.3 is 10.6 Å². The summed E-state index contributed by atoms with van der Waals surface area (Å²) in [6.07, 6.45) is 0.878. The van der Waals surface area contributed by atoms with E-state index in [0.717, 1.165) is 31.0 Å². The Hall–Kier alpha value is -0.610. The molecule has 0 radical (unpaired) electrons. The number of sulfonamides is 1. The van der Waals surface area contributed by atoms with E-state index in [9.17, 15) is 13.2 Å². The molecule has 2 fully saturated rings. The Morgan fingerprint density at radius 2 is 2.14 bits per heavy atom. The zero-order chi connectivity index (χ0) is 15.6. The molecule has 2 saturated heterocycles. The lowest BCUT2D eigenvalue weighted by Gasteiger charge is -2.25. The van der Waals surface area contributed by atoms with E-state index in [4.69, 9.17) is 0 Å². The number of hydrogen-bond donors (Lipinski definition) is 2. The number of amides is 1. The maximum atomic E-state index is 12.7. The van der Waals surface area contributed by atoms with Crippen molar-refractivity contribution in [2.75, 3.05) is 37.7 Å². The Morgan fingerprint density at radius 3 is 2.82 bits per heavy atom. The van der Waals surface area contributed by atoms with Crippen molar-refractivity contribution in [3.63, 3.8) is 0 Å². The number of carbonyl (C=O) groups is 1. The van der Waals surface area contributed by atoms with Gasteiger partial charge in [-0.3, -0.25) is 4.79 Å². The van der Waals surface area contributed by atoms with Crippen LogP contribution < -0.4 is 10.6 Å². The largest absolute Gasteiger partial charge is 0.347 e. The van der Waals surface area contributed by atoms with Crippen LogP contribution in [-0.4, -0.2) is 62.4 Å². The fourth-order valence-corrected chi connectivity index (χ4v) is 6.50. The fourth-order valence-electron chi connectivity index (χ4n) is 2.62. The molecule has 1 aromatic rings. The first-order valence-corrected chi connectivity index (χ1v) is 10.7. The van der Waals surface area contributed by atoms with Gasteiger partial charge in [0, 0.05) is 37.2 Å². The minimum atomic E-state index is -3.57. The van der Waals surface area contributed by atoms with Gasteiger partial charge in [-0.05, 0) is 24.4 Å². The molecule has 3 rings (SSSR count). The van der Waals surface area contributed by atoms with E-state index >= 15 is 0 Å². The van der Waals surface area contributed by atoms with Crippen molar-refractivity contribution in [1.82, 2.24) is 14.9 Å². The molecule has 2 aliphatic rings. The Bertz CT molecular complexity index is 632. The van der Waals surface area contributed by atoms with E-state index in [2.05, 4.69) is 10.6 Å². The Labute approximate surface area is 138 Å². The summed E-state index contributed by atoms with van der Waals surface area (Å²) < 4.78 is 27.0. The summed E-state index contributed by atoms with van der Waals surface area (Å²) in [6, 6.07) is 1.63. The topological polar surface area (TPSA) is 78.5 Å². The van der Waals surface area contributed by atoms with Gasteiger partial charge in [-0.25, -0.2) is 8.42 Å². The van der Waals surface area contributed by atoms with Crippen LogP contribution in [0.2, 0.25) is 0 Å². The van der Waals surface area contributed by atoms with E-state index in [1.807, 2.05) is 0 Å². The average molecular weight is 362 g/mol. The summed E-state index contributed by atoms with van der Waals surface area (Å²) in [7, 11) is -3.57. The number of hydrogen-bond acceptors (Lipinski definition) is 6. The van der Waals surface area contributed by atoms with Crippen LogP contribution in [0.25, 0.3) is 0 Å². The lowest BCUT2D eigenvalue weighted by Crippen LogP contribution is -2.39. The lowest BCUT2D eigenvalue weighted by atomic mass is 10.2. The monoisotopic (exact) mass is 361 g/mol. The minimum Gasteiger partial charge on any atom is -0.347 e. The molecular formula is C13H19N3O3S3. The molecule has 3 heterocycles. The molecule has 1 aromatic heterocycles. The van der Waals surface area contributed by atoms with Gasteiger partial charge in [0.2, 0.25) is 10.0 Å². The molecule has 1 amide bonds. The molecule has 22 heavy (non-hydrogen) atoms. The Morgan fingerprint density at radius 1 is 1.36 bits per heavy atom. The van der Waals surface area contributed by atoms with E-state index in [1.54, 1.807) is 23.2 Å². The van der Waals surface area contributed by atoms with E-state index in [1.165, 1.54) is 15.6 Å². The van der Waals surface area contributed by atoms with E-state index in [0.29, 0.717) is 18.0 Å². The first-order chi connectivity index (χ1) is 10.6. The normalized spacial score (nSPS) is 23.5. The molecule has 0 aliphatic carbocycles. The van der Waals surface area contributed by atoms with Crippen molar-refractivity contribution in [3.8, 4) is 0 Å². The van der Waals surface area contributed by atoms with Crippen LogP contribution in [0.15, 0.2) is 16.3 Å². The molecule has 1 unspecified atom stereocenters. The van der Waals surface area contributed by atoms with Crippen molar-refractivity contribution in [2.45, 2.75) is 17.4 Å². The third-order valence-electron chi connectivity index (χ3n) is 3.82. The summed E-state index contributed by atoms with van der Waals surface area (Å²) in [6.45, 7) is 2.64. The van der Waals surface area contributed by atoms with Gasteiger partial charge in [0.25, 0.3) is 5.91 Å². The number of nitrogens with one attached hydrogen (secondary N) is 2. The predicted octanol–water partition coefficient (Wildman–Crippen LogP) is 0.577. The maximum absolute atomic E-state index is 12.7. The number of nitrogens with zero attached hydrogens (tertiary/aromatic N) is 1. The summed E-state index contributed by atoms with van der Waals surface area (Å²) in [5.41, 5.74) is 0. The number of rotatable bonds is 4. The van der Waals surface area contributed by atoms with Crippen LogP contribution in [0.4, 0.5) is 0 Å². The minimum absolute atomic E-state index is 0.0801. The van der Waals surface area contributed by atoms with Gasteiger partial charge >= 0.3 is 0 Å². The highest BCUT2D eigenvalue weighted by Gasteiger charge is 2.31. The fraction of sp³-hybridized carbons (Fsp3) is 0.615. The number of thiophene rings is 1. The first kappa shape index (κ1) is 16.3. The standard InChI is InChI=1S/C13H19N3O3S3/c17-13(15-10-1-3-14-9-10)12-11(2-6-21-12)22(18,19)16-4-7-20-8-5-16/h2,6,10,14H,1,3-5,7-9H2,(H,15,17). The molecular weight excluding hydrogens is 342 g/mol. The van der Waals surface area contributed by atoms with Crippen molar-refractivity contribution >= 4 is 39.0 Å². The Balaban J connectivity index is 1.79. The van der Waals surface area contributed by atoms with Crippen LogP contribution in [0.3, 0.4) is 0 Å². The van der Waals surface area contributed by atoms with E-state index < -0.39 is 10.0 Å². The van der Waals surface area contributed by atoms with Crippen molar-refractivity contribution in [2.24, 2.45) is 0 Å². The van der Waals surface area contributed by atoms with Crippen LogP contribution >= 0.6 is 23.1 Å². The van der Waals surface area contributed by atoms with Crippen LogP contribution in [0.1, 0.15) is 16.1 Å². The molecule has 0 saturated carbocycles. The second-order valence-electron chi connectivity index (χ2n) is 5.29. The van der Waals surface area contributed by atoms with Crippen molar-refractivity contribution in [3.05, 3.63) is 16.3 Å². The Kier molecular flexibility index (Phi) is 5.08. The lowest BCUT2D eigenvalue weighted by molar-refractivity contribution is 0.0941. The van der Waals surface area contributed by atoms with E-state index in [-0.39, 0.29) is 16.8 Å². The quantitative estimate of drug-likeness (QED) is 0.820. The molecule has 2 aliphatic heterocycles. The van der Waals surface area contributed by atoms with Crippen LogP contribution in [0.5, 0.6) is 0 Å². The highest BCUT2D eigenvalue weighted by Crippen LogP contribution is 2.27. The van der Waals surface area contributed by atoms with Gasteiger partial charge in [0.05, 0.1) is 0 Å². The molecule has 1 atom stereocenters. The summed E-state index contributed by atoms with van der Waals surface area (Å²) in [4.78, 5) is 12.8. The van der Waals surface area contributed by atoms with Crippen molar-refractivity contribution in [1.29, 1.82) is 0 Å². The molecule has 0 aromatic carbocycles. The van der Waals surface area contributed by atoms with Crippen LogP contribution in [0, 0.1) is 0 Å². The van der Waals surface area contributed by atoms with Gasteiger partial charge in [0.15, 0.2) is 0 Å². The smallest absolute Gasteiger partial charge is 0.263 e. The second kappa shape index (κ2) is 6.88. The van der Waals surface area contributed by atoms with Crippen LogP contribution in [-0.2, 0) is 10.0 Å². The van der Waals surface area contributed by atoms with Gasteiger partial charge in [-0.2, -0.15) is 16.1 Å². The zero-order valence-electron chi connectivity index (χ0n) is 12.1. The number of carbonyl (C=O) groups excluding carboxylic acids is 1. The van der Waals surface area contributed by atoms with Gasteiger partial charge in [-0.15, -0.1) is 11.3 Å². The summed E-state index contributed by atoms with van der Waals surface area (Å²) >= 11 is 2.94. The molecule has 0 spiro atoms. The molecule has 9 heteroatoms. The second-order valence-corrected chi connectivity index (χ2v) is 9.34. The summed E-state index contributed by atoms with van der Waals surface area (Å²) in [5, 5.41) is 7.77. The summed E-state index contributed by atoms with van der Waals surface area (Å²) in [5.74, 6) is 1.32. The average Bonchev–Trinajstić information content (AvgIpc) is 3.19. The first-order valence-electron chi connectivity index (χ1n) is 7.26. The predicted molar refractivity (Wildman–Crippen MR) is 89.1 cm³/mol. The van der Waals surface area contributed by atoms with Gasteiger partial charge in [-0.1, -0.05) is 0 Å². The molecule has 6 nitrogen and oxygen atoms in total. The third-order valence-corrected chi connectivity index (χ3v) is 7.74. The third kappa shape index (κ3) is 3.33. The molecule has 122 valence electrons. The molecule has 2 N–H and O–H groups in total. The highest BCUT2D eigenvalue weighted by atomic mass is 32.2. The SMILES string of the molecule is O=C(NC1CCNC1)c1sccc1S(=O)(=O)N1CCSCC1. The molecule has 0 bridgehead atoms. The van der Waals surface area contributed by atoms with Crippen molar-refractivity contribution < 1.29 is 13.2 Å². The zero-order valence-corrected chi connectivity index (χ0v) is 14.5. The highest BCUT2D eigenvalue weighted by molar-refractivity contribution is 7.99. The maximum Gasteiger partial charge on any atom is 0.263 e. The number of thioether (sulfide) groups is 1. The van der Waals surface area contributed by atoms with Gasteiger partial charge in [0.1, 0.15) is 9.77 Å².